The number of nitrogens with one attached hydrogen (secondary N) is 1. The second kappa shape index (κ2) is 7.47. The van der Waals surface area contributed by atoms with Gasteiger partial charge >= 0.3 is 0 Å². The predicted octanol–water partition coefficient (Wildman–Crippen LogP) is 2.41. The van der Waals surface area contributed by atoms with Crippen LogP contribution >= 0.6 is 0 Å². The highest BCUT2D eigenvalue weighted by atomic mass is 32.2. The van der Waals surface area contributed by atoms with E-state index in [2.05, 4.69) is 5.32 Å². The van der Waals surface area contributed by atoms with Gasteiger partial charge in [0, 0.05) is 18.5 Å². The highest BCUT2D eigenvalue weighted by Gasteiger charge is 2.32. The van der Waals surface area contributed by atoms with Crippen LogP contribution in [0, 0.1) is 5.82 Å². The molecule has 1 unspecified atom stereocenters. The van der Waals surface area contributed by atoms with Gasteiger partial charge in [0.05, 0.1) is 16.0 Å². The standard InChI is InChI=1S/C18H17FN2O5S/c1-2-25-18-15(17(22)14-8-11(19)6-7-16(14)26-18)10-21-12-4-3-5-13(9-12)27(20,23)24/h3-10,18,21H,2H2,1H3,(H2,20,23,24)/b15-10-. The van der Waals surface area contributed by atoms with Crippen LogP contribution in [-0.2, 0) is 14.8 Å². The van der Waals surface area contributed by atoms with E-state index < -0.39 is 27.9 Å². The van der Waals surface area contributed by atoms with Gasteiger partial charge in [0.1, 0.15) is 11.6 Å². The number of hydrogen-bond donors (Lipinski definition) is 2. The molecule has 1 atom stereocenters. The van der Waals surface area contributed by atoms with E-state index in [1.807, 2.05) is 0 Å². The molecule has 3 N–H and O–H groups in total. The molecule has 0 saturated carbocycles. The number of benzene rings is 2. The van der Waals surface area contributed by atoms with E-state index in [0.29, 0.717) is 5.69 Å². The summed E-state index contributed by atoms with van der Waals surface area (Å²) in [6.45, 7) is 2.03. The van der Waals surface area contributed by atoms with Crippen LogP contribution in [-0.4, -0.2) is 27.1 Å². The Kier molecular flexibility index (Phi) is 5.26. The molecule has 2 aromatic carbocycles. The van der Waals surface area contributed by atoms with Crippen molar-refractivity contribution in [3.63, 3.8) is 0 Å². The smallest absolute Gasteiger partial charge is 0.238 e. The lowest BCUT2D eigenvalue weighted by Gasteiger charge is -2.27. The van der Waals surface area contributed by atoms with Crippen molar-refractivity contribution in [1.82, 2.24) is 0 Å². The van der Waals surface area contributed by atoms with Crippen LogP contribution in [0.15, 0.2) is 59.1 Å². The monoisotopic (exact) mass is 392 g/mol. The number of anilines is 1. The molecule has 142 valence electrons. The second-order valence-electron chi connectivity index (χ2n) is 5.69. The van der Waals surface area contributed by atoms with E-state index in [4.69, 9.17) is 14.6 Å². The normalized spacial score (nSPS) is 18.1. The Morgan fingerprint density at radius 3 is 2.78 bits per heavy atom. The molecular formula is C18H17FN2O5S. The van der Waals surface area contributed by atoms with E-state index in [9.17, 15) is 17.6 Å². The van der Waals surface area contributed by atoms with Gasteiger partial charge in [-0.2, -0.15) is 0 Å². The summed E-state index contributed by atoms with van der Waals surface area (Å²) in [7, 11) is -3.86. The van der Waals surface area contributed by atoms with Crippen molar-refractivity contribution in [3.05, 3.63) is 65.6 Å². The van der Waals surface area contributed by atoms with Gasteiger partial charge in [-0.3, -0.25) is 4.79 Å². The van der Waals surface area contributed by atoms with Gasteiger partial charge in [-0.25, -0.2) is 17.9 Å². The second-order valence-corrected chi connectivity index (χ2v) is 7.25. The average molecular weight is 392 g/mol. The van der Waals surface area contributed by atoms with Crippen LogP contribution in [0.25, 0.3) is 0 Å². The van der Waals surface area contributed by atoms with Gasteiger partial charge in [0.2, 0.25) is 22.1 Å². The summed E-state index contributed by atoms with van der Waals surface area (Å²) in [6, 6.07) is 9.44. The number of sulfonamides is 1. The molecule has 0 saturated heterocycles. The van der Waals surface area contributed by atoms with Gasteiger partial charge < -0.3 is 14.8 Å². The summed E-state index contributed by atoms with van der Waals surface area (Å²) in [6.07, 6.45) is 0.369. The number of Topliss-reactive ketones (excluding diaryl/α,β-unsaturated/α-hetero) is 1. The molecule has 7 nitrogen and oxygen atoms in total. The van der Waals surface area contributed by atoms with Crippen LogP contribution in [0.1, 0.15) is 17.3 Å². The molecule has 0 amide bonds. The van der Waals surface area contributed by atoms with Crippen molar-refractivity contribution in [3.8, 4) is 5.75 Å². The van der Waals surface area contributed by atoms with Crippen LogP contribution in [0.5, 0.6) is 5.75 Å². The van der Waals surface area contributed by atoms with Crippen molar-refractivity contribution in [1.29, 1.82) is 0 Å². The van der Waals surface area contributed by atoms with E-state index in [1.165, 1.54) is 36.5 Å². The molecule has 2 aromatic rings. The number of carbonyl (C=O) groups excluding carboxylic acids is 1. The molecule has 0 fully saturated rings. The van der Waals surface area contributed by atoms with Crippen molar-refractivity contribution < 1.29 is 27.1 Å². The van der Waals surface area contributed by atoms with Gasteiger partial charge in [0.25, 0.3) is 0 Å². The Bertz CT molecular complexity index is 1020. The number of nitrogens with two attached hydrogens (primary N) is 1. The third-order valence-electron chi connectivity index (χ3n) is 3.81. The molecule has 1 heterocycles. The Balaban J connectivity index is 1.94. The summed E-state index contributed by atoms with van der Waals surface area (Å²) in [4.78, 5) is 12.7. The molecule has 0 spiro atoms. The summed E-state index contributed by atoms with van der Waals surface area (Å²) in [5.41, 5.74) is 0.593. The highest BCUT2D eigenvalue weighted by Crippen LogP contribution is 2.31. The van der Waals surface area contributed by atoms with Gasteiger partial charge in [-0.15, -0.1) is 0 Å². The number of halogens is 1. The number of ketones is 1. The molecule has 0 aromatic heterocycles. The minimum Gasteiger partial charge on any atom is -0.460 e. The SMILES string of the molecule is CCOC1Oc2ccc(F)cc2C(=O)/C1=C/Nc1cccc(S(N)(=O)=O)c1. The summed E-state index contributed by atoms with van der Waals surface area (Å²) >= 11 is 0. The van der Waals surface area contributed by atoms with E-state index in [1.54, 1.807) is 13.0 Å². The first-order chi connectivity index (χ1) is 12.8. The first kappa shape index (κ1) is 19.0. The number of hydrogen-bond acceptors (Lipinski definition) is 6. The number of rotatable bonds is 5. The maximum Gasteiger partial charge on any atom is 0.238 e. The summed E-state index contributed by atoms with van der Waals surface area (Å²) < 4.78 is 47.5. The third-order valence-corrected chi connectivity index (χ3v) is 4.72. The number of ether oxygens (including phenoxy) is 2. The molecule has 9 heteroatoms. The third kappa shape index (κ3) is 4.16. The average Bonchev–Trinajstić information content (AvgIpc) is 2.62. The Morgan fingerprint density at radius 1 is 1.30 bits per heavy atom. The van der Waals surface area contributed by atoms with Crippen LogP contribution in [0.4, 0.5) is 10.1 Å². The fraction of sp³-hybridized carbons (Fsp3) is 0.167. The van der Waals surface area contributed by atoms with Crippen molar-refractivity contribution in [2.45, 2.75) is 18.1 Å². The lowest BCUT2D eigenvalue weighted by molar-refractivity contribution is -0.0510. The lowest BCUT2D eigenvalue weighted by atomic mass is 9.99. The minimum absolute atomic E-state index is 0.0779. The molecule has 1 aliphatic heterocycles. The molecule has 27 heavy (non-hydrogen) atoms. The Labute approximate surface area is 155 Å². The van der Waals surface area contributed by atoms with E-state index in [-0.39, 0.29) is 28.4 Å². The minimum atomic E-state index is -3.86. The maximum absolute atomic E-state index is 13.5. The molecule has 0 aliphatic carbocycles. The van der Waals surface area contributed by atoms with E-state index in [0.717, 1.165) is 6.07 Å². The van der Waals surface area contributed by atoms with Crippen molar-refractivity contribution >= 4 is 21.5 Å². The van der Waals surface area contributed by atoms with Gasteiger partial charge in [-0.05, 0) is 43.3 Å². The first-order valence-corrected chi connectivity index (χ1v) is 9.56. The Morgan fingerprint density at radius 2 is 2.07 bits per heavy atom. The zero-order chi connectivity index (χ0) is 19.6. The molecule has 1 aliphatic rings. The Hall–Kier alpha value is -2.75. The van der Waals surface area contributed by atoms with Crippen molar-refractivity contribution in [2.75, 3.05) is 11.9 Å². The maximum atomic E-state index is 13.5. The van der Waals surface area contributed by atoms with Gasteiger partial charge in [-0.1, -0.05) is 6.07 Å². The summed E-state index contributed by atoms with van der Waals surface area (Å²) in [5.74, 6) is -0.786. The molecular weight excluding hydrogens is 375 g/mol. The van der Waals surface area contributed by atoms with Crippen LogP contribution < -0.4 is 15.2 Å². The van der Waals surface area contributed by atoms with Crippen LogP contribution in [0.2, 0.25) is 0 Å². The fourth-order valence-corrected chi connectivity index (χ4v) is 3.12. The van der Waals surface area contributed by atoms with Gasteiger partial charge in [0.15, 0.2) is 0 Å². The fourth-order valence-electron chi connectivity index (χ4n) is 2.56. The molecule has 0 radical (unpaired) electrons. The number of carbonyl (C=O) groups is 1. The predicted molar refractivity (Wildman–Crippen MR) is 96.3 cm³/mol. The first-order valence-electron chi connectivity index (χ1n) is 8.01. The zero-order valence-electron chi connectivity index (χ0n) is 14.3. The number of primary sulfonamides is 1. The van der Waals surface area contributed by atoms with Crippen molar-refractivity contribution in [2.24, 2.45) is 5.14 Å². The van der Waals surface area contributed by atoms with Crippen LogP contribution in [0.3, 0.4) is 0 Å². The lowest BCUT2D eigenvalue weighted by Crippen LogP contribution is -2.33. The van der Waals surface area contributed by atoms with E-state index >= 15 is 0 Å². The highest BCUT2D eigenvalue weighted by molar-refractivity contribution is 7.89. The topological polar surface area (TPSA) is 108 Å². The zero-order valence-corrected chi connectivity index (χ0v) is 15.1. The molecule has 0 bridgehead atoms. The largest absolute Gasteiger partial charge is 0.460 e. The molecule has 3 rings (SSSR count). The quantitative estimate of drug-likeness (QED) is 0.757. The number of fused-ring (bicyclic) bond motifs is 1. The summed E-state index contributed by atoms with van der Waals surface area (Å²) in [5, 5.41) is 7.95.